The molecule has 23 heavy (non-hydrogen) atoms. The molecule has 0 aromatic heterocycles. The smallest absolute Gasteiger partial charge is 0.233 e. The average molecular weight is 318 g/mol. The summed E-state index contributed by atoms with van der Waals surface area (Å²) in [6.45, 7) is 4.33. The van der Waals surface area contributed by atoms with Crippen LogP contribution in [-0.2, 0) is 14.3 Å². The fourth-order valence-electron chi connectivity index (χ4n) is 2.65. The molecule has 1 aliphatic heterocycles. The van der Waals surface area contributed by atoms with Crippen LogP contribution in [0.15, 0.2) is 24.3 Å². The Hall–Kier alpha value is -1.88. The molecule has 5 heteroatoms. The molecule has 0 bridgehead atoms. The number of amides is 2. The largest absolute Gasteiger partial charge is 0.381 e. The maximum Gasteiger partial charge on any atom is 0.233 e. The van der Waals surface area contributed by atoms with Crippen molar-refractivity contribution in [1.29, 1.82) is 0 Å². The van der Waals surface area contributed by atoms with Gasteiger partial charge in [0.15, 0.2) is 0 Å². The van der Waals surface area contributed by atoms with Crippen LogP contribution in [0.25, 0.3) is 0 Å². The fourth-order valence-corrected chi connectivity index (χ4v) is 2.65. The maximum absolute atomic E-state index is 12.1. The maximum atomic E-state index is 12.1. The predicted molar refractivity (Wildman–Crippen MR) is 90.2 cm³/mol. The third kappa shape index (κ3) is 6.02. The number of hydrogen-bond donors (Lipinski definition) is 1. The lowest BCUT2D eigenvalue weighted by atomic mass is 9.96. The Bertz CT molecular complexity index is 522. The molecular formula is C18H26N2O3. The van der Waals surface area contributed by atoms with Crippen LogP contribution in [0.5, 0.6) is 0 Å². The van der Waals surface area contributed by atoms with Gasteiger partial charge in [0.25, 0.3) is 0 Å². The first-order valence-electron chi connectivity index (χ1n) is 8.23. The van der Waals surface area contributed by atoms with E-state index in [1.165, 1.54) is 0 Å². The van der Waals surface area contributed by atoms with Gasteiger partial charge in [0.2, 0.25) is 11.8 Å². The molecule has 0 unspecified atom stereocenters. The van der Waals surface area contributed by atoms with E-state index in [1.54, 1.807) is 11.9 Å². The number of hydrogen-bond acceptors (Lipinski definition) is 3. The Morgan fingerprint density at radius 1 is 1.22 bits per heavy atom. The summed E-state index contributed by atoms with van der Waals surface area (Å²) in [5, 5.41) is 2.76. The van der Waals surface area contributed by atoms with E-state index in [4.69, 9.17) is 4.74 Å². The van der Waals surface area contributed by atoms with Crippen molar-refractivity contribution in [1.82, 2.24) is 4.90 Å². The Morgan fingerprint density at radius 3 is 2.52 bits per heavy atom. The minimum absolute atomic E-state index is 0.113. The van der Waals surface area contributed by atoms with Gasteiger partial charge in [-0.15, -0.1) is 0 Å². The molecule has 2 rings (SSSR count). The zero-order valence-electron chi connectivity index (χ0n) is 14.0. The molecule has 2 amide bonds. The number of nitrogens with one attached hydrogen (secondary N) is 1. The highest BCUT2D eigenvalue weighted by atomic mass is 16.5. The number of carbonyl (C=O) groups excluding carboxylic acids is 2. The second-order valence-corrected chi connectivity index (χ2v) is 6.25. The summed E-state index contributed by atoms with van der Waals surface area (Å²) in [7, 11) is 1.76. The average Bonchev–Trinajstić information content (AvgIpc) is 2.55. The third-order valence-corrected chi connectivity index (χ3v) is 4.29. The zero-order chi connectivity index (χ0) is 16.7. The summed E-state index contributed by atoms with van der Waals surface area (Å²) < 4.78 is 5.34. The molecule has 1 saturated heterocycles. The van der Waals surface area contributed by atoms with Crippen LogP contribution >= 0.6 is 0 Å². The van der Waals surface area contributed by atoms with Gasteiger partial charge in [0.1, 0.15) is 6.42 Å². The summed E-state index contributed by atoms with van der Waals surface area (Å²) in [5.41, 5.74) is 1.85. The van der Waals surface area contributed by atoms with Crippen LogP contribution in [-0.4, -0.2) is 43.5 Å². The highest BCUT2D eigenvalue weighted by Crippen LogP contribution is 2.18. The van der Waals surface area contributed by atoms with E-state index in [0.717, 1.165) is 43.7 Å². The van der Waals surface area contributed by atoms with Crippen molar-refractivity contribution in [2.45, 2.75) is 32.6 Å². The molecule has 1 fully saturated rings. The van der Waals surface area contributed by atoms with Crippen molar-refractivity contribution >= 4 is 17.5 Å². The van der Waals surface area contributed by atoms with Crippen molar-refractivity contribution < 1.29 is 14.3 Å². The van der Waals surface area contributed by atoms with Gasteiger partial charge in [0.05, 0.1) is 0 Å². The number of benzene rings is 1. The number of aryl methyl sites for hydroxylation is 1. The Kier molecular flexibility index (Phi) is 6.59. The Balaban J connectivity index is 1.71. The molecule has 126 valence electrons. The molecule has 1 N–H and O–H groups in total. The summed E-state index contributed by atoms with van der Waals surface area (Å²) in [5.74, 6) is 0.221. The SMILES string of the molecule is Cc1ccc(NC(=O)CC(=O)N(C)CCC2CCOCC2)cc1. The quantitative estimate of drug-likeness (QED) is 0.820. The third-order valence-electron chi connectivity index (χ3n) is 4.29. The molecule has 0 spiro atoms. The van der Waals surface area contributed by atoms with E-state index in [0.29, 0.717) is 12.5 Å². The summed E-state index contributed by atoms with van der Waals surface area (Å²) in [6, 6.07) is 7.54. The van der Waals surface area contributed by atoms with E-state index in [9.17, 15) is 9.59 Å². The van der Waals surface area contributed by atoms with E-state index in [1.807, 2.05) is 31.2 Å². The predicted octanol–water partition coefficient (Wildman–Crippen LogP) is 2.60. The second kappa shape index (κ2) is 8.67. The Morgan fingerprint density at radius 2 is 1.87 bits per heavy atom. The van der Waals surface area contributed by atoms with Crippen LogP contribution in [0.3, 0.4) is 0 Å². The molecule has 1 aromatic carbocycles. The van der Waals surface area contributed by atoms with E-state index >= 15 is 0 Å². The first-order valence-corrected chi connectivity index (χ1v) is 8.23. The van der Waals surface area contributed by atoms with E-state index in [2.05, 4.69) is 5.32 Å². The van der Waals surface area contributed by atoms with Crippen molar-refractivity contribution in [2.24, 2.45) is 5.92 Å². The van der Waals surface area contributed by atoms with E-state index < -0.39 is 0 Å². The lowest BCUT2D eigenvalue weighted by Gasteiger charge is -2.24. The van der Waals surface area contributed by atoms with Gasteiger partial charge >= 0.3 is 0 Å². The van der Waals surface area contributed by atoms with Crippen LogP contribution in [0.1, 0.15) is 31.2 Å². The minimum atomic E-state index is -0.267. The normalized spacial score (nSPS) is 15.2. The van der Waals surface area contributed by atoms with Gasteiger partial charge in [-0.1, -0.05) is 17.7 Å². The fraction of sp³-hybridized carbons (Fsp3) is 0.556. The van der Waals surface area contributed by atoms with Crippen molar-refractivity contribution in [2.75, 3.05) is 32.1 Å². The van der Waals surface area contributed by atoms with Crippen molar-refractivity contribution in [3.63, 3.8) is 0 Å². The highest BCUT2D eigenvalue weighted by Gasteiger charge is 2.18. The van der Waals surface area contributed by atoms with Crippen LogP contribution < -0.4 is 5.32 Å². The molecule has 1 aromatic rings. The minimum Gasteiger partial charge on any atom is -0.381 e. The van der Waals surface area contributed by atoms with Gasteiger partial charge in [-0.2, -0.15) is 0 Å². The molecule has 0 saturated carbocycles. The van der Waals surface area contributed by atoms with Gasteiger partial charge < -0.3 is 15.0 Å². The standard InChI is InChI=1S/C18H26N2O3/c1-14-3-5-16(6-4-14)19-17(21)13-18(22)20(2)10-7-15-8-11-23-12-9-15/h3-6,15H,7-13H2,1-2H3,(H,19,21). The van der Waals surface area contributed by atoms with Gasteiger partial charge in [-0.3, -0.25) is 9.59 Å². The first-order chi connectivity index (χ1) is 11.0. The Labute approximate surface area is 138 Å². The van der Waals surface area contributed by atoms with Gasteiger partial charge in [-0.05, 0) is 44.2 Å². The second-order valence-electron chi connectivity index (χ2n) is 6.25. The number of carbonyl (C=O) groups is 2. The van der Waals surface area contributed by atoms with Crippen LogP contribution in [0, 0.1) is 12.8 Å². The molecule has 1 aliphatic rings. The first kappa shape index (κ1) is 17.5. The molecule has 0 aliphatic carbocycles. The lowest BCUT2D eigenvalue weighted by molar-refractivity contribution is -0.133. The van der Waals surface area contributed by atoms with Crippen molar-refractivity contribution in [3.8, 4) is 0 Å². The van der Waals surface area contributed by atoms with Crippen molar-refractivity contribution in [3.05, 3.63) is 29.8 Å². The number of anilines is 1. The number of nitrogens with zero attached hydrogens (tertiary/aromatic N) is 1. The topological polar surface area (TPSA) is 58.6 Å². The van der Waals surface area contributed by atoms with Gasteiger partial charge in [0, 0.05) is 32.5 Å². The molecule has 5 nitrogen and oxygen atoms in total. The monoisotopic (exact) mass is 318 g/mol. The highest BCUT2D eigenvalue weighted by molar-refractivity contribution is 6.03. The van der Waals surface area contributed by atoms with Gasteiger partial charge in [-0.25, -0.2) is 0 Å². The summed E-state index contributed by atoms with van der Waals surface area (Å²) >= 11 is 0. The molecule has 0 atom stereocenters. The zero-order valence-corrected chi connectivity index (χ0v) is 14.0. The van der Waals surface area contributed by atoms with E-state index in [-0.39, 0.29) is 18.2 Å². The molecule has 0 radical (unpaired) electrons. The summed E-state index contributed by atoms with van der Waals surface area (Å²) in [6.07, 6.45) is 3.00. The number of rotatable bonds is 6. The van der Waals surface area contributed by atoms with Crippen LogP contribution in [0.2, 0.25) is 0 Å². The molecular weight excluding hydrogens is 292 g/mol. The molecule has 1 heterocycles. The lowest BCUT2D eigenvalue weighted by Crippen LogP contribution is -2.32. The number of ether oxygens (including phenoxy) is 1. The summed E-state index contributed by atoms with van der Waals surface area (Å²) in [4.78, 5) is 25.7. The van der Waals surface area contributed by atoms with Crippen LogP contribution in [0.4, 0.5) is 5.69 Å².